The Balaban J connectivity index is 2.12. The lowest BCUT2D eigenvalue weighted by Gasteiger charge is -2.24. The van der Waals surface area contributed by atoms with Crippen LogP contribution in [0.25, 0.3) is 0 Å². The number of hydrogen-bond donors (Lipinski definition) is 3. The maximum atomic E-state index is 9.29. The Labute approximate surface area is 126 Å². The minimum Gasteiger partial charge on any atom is -0.396 e. The third kappa shape index (κ3) is 4.39. The van der Waals surface area contributed by atoms with E-state index in [9.17, 15) is 10.2 Å². The van der Waals surface area contributed by atoms with Gasteiger partial charge < -0.3 is 15.5 Å². The van der Waals surface area contributed by atoms with Crippen LogP contribution < -0.4 is 5.32 Å². The van der Waals surface area contributed by atoms with Crippen molar-refractivity contribution in [2.75, 3.05) is 6.61 Å². The predicted molar refractivity (Wildman–Crippen MR) is 84.8 cm³/mol. The SMILES string of the molecule is CC(N[C@H](CCO)c1ccccc1)c1cccc(CO)c1. The monoisotopic (exact) mass is 285 g/mol. The van der Waals surface area contributed by atoms with Crippen LogP contribution in [0.1, 0.15) is 42.1 Å². The van der Waals surface area contributed by atoms with Gasteiger partial charge in [-0.2, -0.15) is 0 Å². The van der Waals surface area contributed by atoms with Crippen molar-refractivity contribution in [2.45, 2.75) is 32.0 Å². The Morgan fingerprint density at radius 1 is 0.952 bits per heavy atom. The van der Waals surface area contributed by atoms with E-state index in [4.69, 9.17) is 0 Å². The van der Waals surface area contributed by atoms with Crippen LogP contribution in [-0.2, 0) is 6.61 Å². The topological polar surface area (TPSA) is 52.5 Å². The van der Waals surface area contributed by atoms with E-state index in [2.05, 4.69) is 30.4 Å². The molecule has 2 atom stereocenters. The van der Waals surface area contributed by atoms with Gasteiger partial charge in [0, 0.05) is 18.7 Å². The molecule has 0 aliphatic rings. The van der Waals surface area contributed by atoms with Gasteiger partial charge in [-0.1, -0.05) is 54.6 Å². The number of aliphatic hydroxyl groups excluding tert-OH is 2. The summed E-state index contributed by atoms with van der Waals surface area (Å²) < 4.78 is 0. The molecule has 3 heteroatoms. The third-order valence-electron chi connectivity index (χ3n) is 3.70. The molecule has 0 spiro atoms. The molecule has 0 aromatic heterocycles. The average Bonchev–Trinajstić information content (AvgIpc) is 2.55. The molecule has 0 bridgehead atoms. The zero-order chi connectivity index (χ0) is 15.1. The van der Waals surface area contributed by atoms with Gasteiger partial charge in [-0.25, -0.2) is 0 Å². The lowest BCUT2D eigenvalue weighted by Crippen LogP contribution is -2.25. The molecule has 3 N–H and O–H groups in total. The fraction of sp³-hybridized carbons (Fsp3) is 0.333. The number of aliphatic hydroxyl groups is 2. The maximum absolute atomic E-state index is 9.29. The van der Waals surface area contributed by atoms with Gasteiger partial charge in [-0.05, 0) is 30.0 Å². The quantitative estimate of drug-likeness (QED) is 0.733. The summed E-state index contributed by atoms with van der Waals surface area (Å²) in [7, 11) is 0. The normalized spacial score (nSPS) is 13.9. The van der Waals surface area contributed by atoms with Crippen molar-refractivity contribution in [3.8, 4) is 0 Å². The van der Waals surface area contributed by atoms with Gasteiger partial charge in [-0.3, -0.25) is 0 Å². The molecule has 2 rings (SSSR count). The summed E-state index contributed by atoms with van der Waals surface area (Å²) in [6.07, 6.45) is 0.675. The van der Waals surface area contributed by atoms with Crippen LogP contribution in [0.4, 0.5) is 0 Å². The van der Waals surface area contributed by atoms with Crippen molar-refractivity contribution in [2.24, 2.45) is 0 Å². The Bertz CT molecular complexity index is 542. The summed E-state index contributed by atoms with van der Waals surface area (Å²) in [5, 5.41) is 22.1. The number of hydrogen-bond acceptors (Lipinski definition) is 3. The van der Waals surface area contributed by atoms with E-state index >= 15 is 0 Å². The maximum Gasteiger partial charge on any atom is 0.0681 e. The molecular weight excluding hydrogens is 262 g/mol. The van der Waals surface area contributed by atoms with Crippen molar-refractivity contribution in [3.05, 3.63) is 71.3 Å². The third-order valence-corrected chi connectivity index (χ3v) is 3.70. The summed E-state index contributed by atoms with van der Waals surface area (Å²) in [5.74, 6) is 0. The predicted octanol–water partition coefficient (Wildman–Crippen LogP) is 2.95. The molecule has 0 aliphatic carbocycles. The first-order chi connectivity index (χ1) is 10.2. The molecule has 3 nitrogen and oxygen atoms in total. The minimum atomic E-state index is 0.0549. The zero-order valence-corrected chi connectivity index (χ0v) is 12.4. The molecule has 0 saturated heterocycles. The van der Waals surface area contributed by atoms with E-state index < -0.39 is 0 Å². The highest BCUT2D eigenvalue weighted by Gasteiger charge is 2.15. The number of rotatable bonds is 7. The molecule has 0 heterocycles. The van der Waals surface area contributed by atoms with Gasteiger partial charge in [0.15, 0.2) is 0 Å². The molecule has 0 aliphatic heterocycles. The Morgan fingerprint density at radius 2 is 1.67 bits per heavy atom. The van der Waals surface area contributed by atoms with Crippen molar-refractivity contribution >= 4 is 0 Å². The molecule has 1 unspecified atom stereocenters. The van der Waals surface area contributed by atoms with Gasteiger partial charge in [0.25, 0.3) is 0 Å². The summed E-state index contributed by atoms with van der Waals surface area (Å²) in [6.45, 7) is 2.30. The van der Waals surface area contributed by atoms with Gasteiger partial charge in [-0.15, -0.1) is 0 Å². The molecule has 2 aromatic carbocycles. The molecule has 0 radical (unpaired) electrons. The molecule has 0 saturated carbocycles. The summed E-state index contributed by atoms with van der Waals surface area (Å²) in [4.78, 5) is 0. The fourth-order valence-corrected chi connectivity index (χ4v) is 2.52. The number of benzene rings is 2. The van der Waals surface area contributed by atoms with E-state index in [1.807, 2.05) is 36.4 Å². The minimum absolute atomic E-state index is 0.0549. The highest BCUT2D eigenvalue weighted by atomic mass is 16.3. The second-order valence-electron chi connectivity index (χ2n) is 5.27. The van der Waals surface area contributed by atoms with Crippen LogP contribution in [0.3, 0.4) is 0 Å². The molecule has 2 aromatic rings. The molecule has 0 fully saturated rings. The largest absolute Gasteiger partial charge is 0.396 e. The van der Waals surface area contributed by atoms with E-state index in [0.29, 0.717) is 6.42 Å². The van der Waals surface area contributed by atoms with Gasteiger partial charge in [0.2, 0.25) is 0 Å². The van der Waals surface area contributed by atoms with Gasteiger partial charge >= 0.3 is 0 Å². The Morgan fingerprint density at radius 3 is 2.33 bits per heavy atom. The van der Waals surface area contributed by atoms with Crippen molar-refractivity contribution in [1.82, 2.24) is 5.32 Å². The highest BCUT2D eigenvalue weighted by molar-refractivity contribution is 5.26. The van der Waals surface area contributed by atoms with E-state index in [0.717, 1.165) is 11.1 Å². The van der Waals surface area contributed by atoms with Crippen LogP contribution in [0.15, 0.2) is 54.6 Å². The summed E-state index contributed by atoms with van der Waals surface area (Å²) in [5.41, 5.74) is 3.23. The van der Waals surface area contributed by atoms with Crippen LogP contribution >= 0.6 is 0 Å². The van der Waals surface area contributed by atoms with Crippen LogP contribution in [-0.4, -0.2) is 16.8 Å². The van der Waals surface area contributed by atoms with E-state index in [1.54, 1.807) is 0 Å². The lowest BCUT2D eigenvalue weighted by molar-refractivity contribution is 0.260. The number of nitrogens with one attached hydrogen (secondary N) is 1. The second kappa shape index (κ2) is 7.93. The van der Waals surface area contributed by atoms with Gasteiger partial charge in [0.05, 0.1) is 6.61 Å². The van der Waals surface area contributed by atoms with Crippen LogP contribution in [0, 0.1) is 0 Å². The standard InChI is InChI=1S/C18H23NO2/c1-14(17-9-5-6-15(12-17)13-21)19-18(10-11-20)16-7-3-2-4-8-16/h2-9,12,14,18-21H,10-11,13H2,1H3/t14?,18-/m1/s1. The van der Waals surface area contributed by atoms with Crippen molar-refractivity contribution in [1.29, 1.82) is 0 Å². The Kier molecular flexibility index (Phi) is 5.93. The van der Waals surface area contributed by atoms with Crippen LogP contribution in [0.5, 0.6) is 0 Å². The summed E-state index contributed by atoms with van der Waals surface area (Å²) in [6, 6.07) is 18.4. The van der Waals surface area contributed by atoms with Crippen molar-refractivity contribution < 1.29 is 10.2 Å². The van der Waals surface area contributed by atoms with E-state index in [1.165, 1.54) is 5.56 Å². The first-order valence-electron chi connectivity index (χ1n) is 7.36. The Hall–Kier alpha value is -1.68. The molecule has 0 amide bonds. The first-order valence-corrected chi connectivity index (χ1v) is 7.36. The second-order valence-corrected chi connectivity index (χ2v) is 5.27. The zero-order valence-electron chi connectivity index (χ0n) is 12.4. The van der Waals surface area contributed by atoms with Crippen LogP contribution in [0.2, 0.25) is 0 Å². The van der Waals surface area contributed by atoms with Crippen molar-refractivity contribution in [3.63, 3.8) is 0 Å². The summed E-state index contributed by atoms with van der Waals surface area (Å²) >= 11 is 0. The molecule has 112 valence electrons. The van der Waals surface area contributed by atoms with Gasteiger partial charge in [0.1, 0.15) is 0 Å². The molecule has 21 heavy (non-hydrogen) atoms. The molecular formula is C18H23NO2. The smallest absolute Gasteiger partial charge is 0.0681 e. The highest BCUT2D eigenvalue weighted by Crippen LogP contribution is 2.22. The fourth-order valence-electron chi connectivity index (χ4n) is 2.52. The lowest BCUT2D eigenvalue weighted by atomic mass is 10.00. The first kappa shape index (κ1) is 15.7. The van der Waals surface area contributed by atoms with E-state index in [-0.39, 0.29) is 25.3 Å². The average molecular weight is 285 g/mol.